The molecule has 0 atom stereocenters. The molecule has 5 heteroatoms. The second-order valence-electron chi connectivity index (χ2n) is 6.17. The first-order valence-electron chi connectivity index (χ1n) is 8.46. The van der Waals surface area contributed by atoms with Crippen LogP contribution in [0.25, 0.3) is 0 Å². The summed E-state index contributed by atoms with van der Waals surface area (Å²) in [4.78, 5) is 2.37. The number of methoxy groups -OCH3 is 2. The largest absolute Gasteiger partial charge is 0.497 e. The van der Waals surface area contributed by atoms with Crippen molar-refractivity contribution in [2.45, 2.75) is 18.9 Å². The van der Waals surface area contributed by atoms with Crippen LogP contribution in [-0.2, 0) is 0 Å². The zero-order valence-corrected chi connectivity index (χ0v) is 14.7. The monoisotopic (exact) mass is 337 g/mol. The number of nitrogens with one attached hydrogen (secondary N) is 1. The van der Waals surface area contributed by atoms with Gasteiger partial charge in [-0.2, -0.15) is 5.26 Å². The Morgan fingerprint density at radius 1 is 1.00 bits per heavy atom. The van der Waals surface area contributed by atoms with Crippen LogP contribution in [0.5, 0.6) is 11.5 Å². The van der Waals surface area contributed by atoms with E-state index in [0.29, 0.717) is 11.6 Å². The molecule has 1 saturated heterocycles. The molecule has 0 saturated carbocycles. The summed E-state index contributed by atoms with van der Waals surface area (Å²) in [5.74, 6) is 1.58. The predicted octanol–water partition coefficient (Wildman–Crippen LogP) is 3.66. The van der Waals surface area contributed by atoms with Gasteiger partial charge in [-0.15, -0.1) is 0 Å². The fourth-order valence-corrected chi connectivity index (χ4v) is 3.16. The van der Waals surface area contributed by atoms with E-state index in [1.165, 1.54) is 5.69 Å². The minimum atomic E-state index is 0.423. The summed E-state index contributed by atoms with van der Waals surface area (Å²) in [6.07, 6.45) is 2.11. The average molecular weight is 337 g/mol. The highest BCUT2D eigenvalue weighted by atomic mass is 16.5. The van der Waals surface area contributed by atoms with Crippen molar-refractivity contribution in [3.63, 3.8) is 0 Å². The van der Waals surface area contributed by atoms with Gasteiger partial charge in [0.25, 0.3) is 0 Å². The van der Waals surface area contributed by atoms with Crippen LogP contribution in [0, 0.1) is 11.3 Å². The summed E-state index contributed by atoms with van der Waals surface area (Å²) < 4.78 is 10.7. The molecule has 3 rings (SSSR count). The van der Waals surface area contributed by atoms with Crippen LogP contribution >= 0.6 is 0 Å². The van der Waals surface area contributed by atoms with E-state index in [2.05, 4.69) is 16.3 Å². The van der Waals surface area contributed by atoms with E-state index in [-0.39, 0.29) is 0 Å². The standard InChI is InChI=1S/C20H23N3O2/c1-24-19-11-17(12-20(13-19)25-2)22-16-7-9-23(10-8-16)18-5-3-15(14-21)4-6-18/h3-6,11-13,16,22H,7-10H2,1-2H3. The number of hydrogen-bond donors (Lipinski definition) is 1. The Hall–Kier alpha value is -2.87. The Balaban J connectivity index is 1.60. The van der Waals surface area contributed by atoms with Crippen LogP contribution in [0.4, 0.5) is 11.4 Å². The van der Waals surface area contributed by atoms with Gasteiger partial charge in [0, 0.05) is 48.7 Å². The number of nitrogens with zero attached hydrogens (tertiary/aromatic N) is 2. The molecular weight excluding hydrogens is 314 g/mol. The molecule has 0 radical (unpaired) electrons. The van der Waals surface area contributed by atoms with Crippen molar-refractivity contribution < 1.29 is 9.47 Å². The highest BCUT2D eigenvalue weighted by Crippen LogP contribution is 2.28. The van der Waals surface area contributed by atoms with Gasteiger partial charge < -0.3 is 19.7 Å². The molecule has 1 aliphatic heterocycles. The maximum absolute atomic E-state index is 8.90. The number of anilines is 2. The number of piperidine rings is 1. The number of benzene rings is 2. The summed E-state index contributed by atoms with van der Waals surface area (Å²) in [5, 5.41) is 12.5. The molecule has 25 heavy (non-hydrogen) atoms. The maximum atomic E-state index is 8.90. The summed E-state index contributed by atoms with van der Waals surface area (Å²) in [5.41, 5.74) is 2.90. The molecule has 0 aliphatic carbocycles. The topological polar surface area (TPSA) is 57.5 Å². The van der Waals surface area contributed by atoms with Crippen LogP contribution in [0.15, 0.2) is 42.5 Å². The lowest BCUT2D eigenvalue weighted by Gasteiger charge is -2.34. The van der Waals surface area contributed by atoms with E-state index < -0.39 is 0 Å². The van der Waals surface area contributed by atoms with Crippen molar-refractivity contribution in [3.05, 3.63) is 48.0 Å². The van der Waals surface area contributed by atoms with Gasteiger partial charge >= 0.3 is 0 Å². The van der Waals surface area contributed by atoms with Crippen LogP contribution in [0.1, 0.15) is 18.4 Å². The third-order valence-corrected chi connectivity index (χ3v) is 4.58. The Morgan fingerprint density at radius 3 is 2.12 bits per heavy atom. The second kappa shape index (κ2) is 7.80. The first-order chi connectivity index (χ1) is 12.2. The fourth-order valence-electron chi connectivity index (χ4n) is 3.16. The molecule has 0 spiro atoms. The SMILES string of the molecule is COc1cc(NC2CCN(c3ccc(C#N)cc3)CC2)cc(OC)c1. The van der Waals surface area contributed by atoms with E-state index >= 15 is 0 Å². The molecule has 1 fully saturated rings. The minimum Gasteiger partial charge on any atom is -0.497 e. The Bertz CT molecular complexity index is 722. The third-order valence-electron chi connectivity index (χ3n) is 4.58. The molecule has 0 unspecified atom stereocenters. The summed E-state index contributed by atoms with van der Waals surface area (Å²) in [6, 6.07) is 16.3. The van der Waals surface area contributed by atoms with Crippen molar-refractivity contribution >= 4 is 11.4 Å². The van der Waals surface area contributed by atoms with Crippen molar-refractivity contribution in [3.8, 4) is 17.6 Å². The second-order valence-corrected chi connectivity index (χ2v) is 6.17. The van der Waals surface area contributed by atoms with Crippen LogP contribution in [0.3, 0.4) is 0 Å². The van der Waals surface area contributed by atoms with Gasteiger partial charge in [0.2, 0.25) is 0 Å². The number of hydrogen-bond acceptors (Lipinski definition) is 5. The molecular formula is C20H23N3O2. The molecule has 2 aromatic rings. The van der Waals surface area contributed by atoms with Crippen LogP contribution in [0.2, 0.25) is 0 Å². The smallest absolute Gasteiger partial charge is 0.124 e. The summed E-state index contributed by atoms with van der Waals surface area (Å²) in [6.45, 7) is 1.98. The van der Waals surface area contributed by atoms with Gasteiger partial charge in [-0.3, -0.25) is 0 Å². The van der Waals surface area contributed by atoms with Crippen molar-refractivity contribution in [1.29, 1.82) is 5.26 Å². The van der Waals surface area contributed by atoms with Crippen molar-refractivity contribution in [1.82, 2.24) is 0 Å². The van der Waals surface area contributed by atoms with E-state index in [4.69, 9.17) is 14.7 Å². The average Bonchev–Trinajstić information content (AvgIpc) is 2.68. The lowest BCUT2D eigenvalue weighted by atomic mass is 10.0. The van der Waals surface area contributed by atoms with Gasteiger partial charge in [-0.05, 0) is 37.1 Å². The maximum Gasteiger partial charge on any atom is 0.124 e. The van der Waals surface area contributed by atoms with Crippen LogP contribution < -0.4 is 19.7 Å². The summed E-state index contributed by atoms with van der Waals surface area (Å²) in [7, 11) is 3.32. The number of nitriles is 1. The Morgan fingerprint density at radius 2 is 1.60 bits per heavy atom. The van der Waals surface area contributed by atoms with Crippen molar-refractivity contribution in [2.24, 2.45) is 0 Å². The zero-order chi connectivity index (χ0) is 17.6. The highest BCUT2D eigenvalue weighted by Gasteiger charge is 2.19. The highest BCUT2D eigenvalue weighted by molar-refractivity contribution is 5.55. The molecule has 2 aromatic carbocycles. The van der Waals surface area contributed by atoms with Crippen molar-refractivity contribution in [2.75, 3.05) is 37.5 Å². The fraction of sp³-hybridized carbons (Fsp3) is 0.350. The van der Waals surface area contributed by atoms with Gasteiger partial charge in [0.15, 0.2) is 0 Å². The van der Waals surface area contributed by atoms with E-state index in [9.17, 15) is 0 Å². The quantitative estimate of drug-likeness (QED) is 0.902. The van der Waals surface area contributed by atoms with Gasteiger partial charge in [0.1, 0.15) is 11.5 Å². The normalized spacial score (nSPS) is 14.7. The predicted molar refractivity (Wildman–Crippen MR) is 99.6 cm³/mol. The first-order valence-corrected chi connectivity index (χ1v) is 8.46. The van der Waals surface area contributed by atoms with Gasteiger partial charge in [-0.25, -0.2) is 0 Å². The summed E-state index contributed by atoms with van der Waals surface area (Å²) >= 11 is 0. The Labute approximate surface area is 148 Å². The van der Waals surface area contributed by atoms with E-state index in [0.717, 1.165) is 43.1 Å². The van der Waals surface area contributed by atoms with E-state index in [1.54, 1.807) is 14.2 Å². The lowest BCUT2D eigenvalue weighted by molar-refractivity contribution is 0.394. The molecule has 1 heterocycles. The third kappa shape index (κ3) is 4.16. The molecule has 1 N–H and O–H groups in total. The van der Waals surface area contributed by atoms with E-state index in [1.807, 2.05) is 42.5 Å². The van der Waals surface area contributed by atoms with Gasteiger partial charge in [-0.1, -0.05) is 0 Å². The molecule has 130 valence electrons. The molecule has 1 aliphatic rings. The zero-order valence-electron chi connectivity index (χ0n) is 14.7. The molecule has 0 bridgehead atoms. The molecule has 0 aromatic heterocycles. The van der Waals surface area contributed by atoms with Gasteiger partial charge in [0.05, 0.1) is 25.9 Å². The lowest BCUT2D eigenvalue weighted by Crippen LogP contribution is -2.39. The molecule has 0 amide bonds. The number of ether oxygens (including phenoxy) is 2. The van der Waals surface area contributed by atoms with Crippen LogP contribution in [-0.4, -0.2) is 33.4 Å². The minimum absolute atomic E-state index is 0.423. The first kappa shape index (κ1) is 17.0. The molecule has 5 nitrogen and oxygen atoms in total. The number of rotatable bonds is 5. The Kier molecular flexibility index (Phi) is 5.30.